The van der Waals surface area contributed by atoms with E-state index in [1.807, 2.05) is 0 Å². The molecule has 1 saturated carbocycles. The number of rotatable bonds is 6. The van der Waals surface area contributed by atoms with Crippen molar-refractivity contribution in [2.24, 2.45) is 13.0 Å². The van der Waals surface area contributed by atoms with Crippen molar-refractivity contribution in [3.8, 4) is 0 Å². The van der Waals surface area contributed by atoms with E-state index in [2.05, 4.69) is 20.4 Å². The first kappa shape index (κ1) is 22.3. The summed E-state index contributed by atoms with van der Waals surface area (Å²) in [7, 11) is 0.130. The number of fused-ring (bicyclic) bond motifs is 1. The first-order chi connectivity index (χ1) is 15.3. The normalized spacial score (nSPS) is 16.7. The monoisotopic (exact) mass is 460 g/mol. The minimum absolute atomic E-state index is 0.145. The molecule has 0 spiro atoms. The third-order valence-electron chi connectivity index (χ3n) is 5.91. The van der Waals surface area contributed by atoms with E-state index in [9.17, 15) is 18.2 Å². The van der Waals surface area contributed by atoms with Gasteiger partial charge in [0.2, 0.25) is 5.91 Å². The standard InChI is InChI=1S/C21H25FN6O3S/c1-27-18-17(20(26-27)32(2)31)21(30)28(12-24-18)15(10-13-6-4-3-5-7-13)19(29)25-16-9-8-14(22)11-23-16/h8-9,11-13,15H,3-7,10H2,1-2H3,(H,23,25,29). The van der Waals surface area contributed by atoms with E-state index >= 15 is 0 Å². The number of nitrogens with one attached hydrogen (secondary N) is 1. The van der Waals surface area contributed by atoms with E-state index < -0.39 is 34.1 Å². The summed E-state index contributed by atoms with van der Waals surface area (Å²) in [6, 6.07) is 1.73. The van der Waals surface area contributed by atoms with Crippen LogP contribution in [0.3, 0.4) is 0 Å². The zero-order valence-electron chi connectivity index (χ0n) is 18.0. The van der Waals surface area contributed by atoms with Crippen molar-refractivity contribution in [1.29, 1.82) is 0 Å². The summed E-state index contributed by atoms with van der Waals surface area (Å²) in [6.07, 6.45) is 9.60. The lowest BCUT2D eigenvalue weighted by Gasteiger charge is -2.27. The minimum Gasteiger partial charge on any atom is -0.309 e. The molecule has 0 aliphatic heterocycles. The predicted octanol–water partition coefficient (Wildman–Crippen LogP) is 2.55. The lowest BCUT2D eigenvalue weighted by atomic mass is 9.84. The Kier molecular flexibility index (Phi) is 6.45. The van der Waals surface area contributed by atoms with Crippen molar-refractivity contribution >= 4 is 33.6 Å². The molecule has 2 atom stereocenters. The maximum Gasteiger partial charge on any atom is 0.266 e. The van der Waals surface area contributed by atoms with E-state index in [0.29, 0.717) is 12.1 Å². The number of hydrogen-bond donors (Lipinski definition) is 1. The second kappa shape index (κ2) is 9.27. The number of pyridine rings is 1. The molecule has 1 N–H and O–H groups in total. The molecule has 0 radical (unpaired) electrons. The lowest BCUT2D eigenvalue weighted by molar-refractivity contribution is -0.120. The van der Waals surface area contributed by atoms with E-state index in [1.54, 1.807) is 7.05 Å². The van der Waals surface area contributed by atoms with Gasteiger partial charge in [-0.05, 0) is 24.5 Å². The molecule has 3 heterocycles. The molecule has 32 heavy (non-hydrogen) atoms. The van der Waals surface area contributed by atoms with Gasteiger partial charge in [-0.1, -0.05) is 32.1 Å². The van der Waals surface area contributed by atoms with Gasteiger partial charge in [0, 0.05) is 13.3 Å². The number of aromatic nitrogens is 5. The van der Waals surface area contributed by atoms with Crippen molar-refractivity contribution < 1.29 is 13.4 Å². The van der Waals surface area contributed by atoms with Crippen molar-refractivity contribution in [2.45, 2.75) is 49.6 Å². The number of aryl methyl sites for hydroxylation is 1. The van der Waals surface area contributed by atoms with Crippen LogP contribution in [-0.4, -0.2) is 40.7 Å². The van der Waals surface area contributed by atoms with Gasteiger partial charge in [0.05, 0.1) is 17.0 Å². The molecule has 0 saturated heterocycles. The Bertz CT molecular complexity index is 1220. The van der Waals surface area contributed by atoms with Crippen molar-refractivity contribution in [3.05, 3.63) is 40.8 Å². The summed E-state index contributed by atoms with van der Waals surface area (Å²) >= 11 is 0. The van der Waals surface area contributed by atoms with Crippen molar-refractivity contribution in [3.63, 3.8) is 0 Å². The van der Waals surface area contributed by atoms with Gasteiger partial charge in [-0.15, -0.1) is 0 Å². The van der Waals surface area contributed by atoms with Crippen LogP contribution in [0.4, 0.5) is 10.2 Å². The highest BCUT2D eigenvalue weighted by molar-refractivity contribution is 7.84. The van der Waals surface area contributed by atoms with Crippen LogP contribution in [0.15, 0.2) is 34.5 Å². The Labute approximate surface area is 186 Å². The Hall–Kier alpha value is -2.95. The zero-order chi connectivity index (χ0) is 22.8. The van der Waals surface area contributed by atoms with Crippen LogP contribution < -0.4 is 10.9 Å². The van der Waals surface area contributed by atoms with Crippen molar-refractivity contribution in [2.75, 3.05) is 11.6 Å². The Morgan fingerprint density at radius 3 is 2.69 bits per heavy atom. The van der Waals surface area contributed by atoms with Crippen molar-refractivity contribution in [1.82, 2.24) is 24.3 Å². The number of amides is 1. The molecule has 1 aliphatic carbocycles. The number of halogens is 1. The Balaban J connectivity index is 1.75. The summed E-state index contributed by atoms with van der Waals surface area (Å²) in [6.45, 7) is 0. The van der Waals surface area contributed by atoms with Crippen LogP contribution >= 0.6 is 0 Å². The third kappa shape index (κ3) is 4.47. The molecule has 9 nitrogen and oxygen atoms in total. The van der Waals surface area contributed by atoms with Crippen LogP contribution in [0.25, 0.3) is 11.0 Å². The quantitative estimate of drug-likeness (QED) is 0.605. The molecular weight excluding hydrogens is 435 g/mol. The molecule has 4 rings (SSSR count). The second-order valence-corrected chi connectivity index (χ2v) is 9.44. The first-order valence-electron chi connectivity index (χ1n) is 10.5. The van der Waals surface area contributed by atoms with Gasteiger partial charge in [0.25, 0.3) is 5.56 Å². The van der Waals surface area contributed by atoms with E-state index in [4.69, 9.17) is 0 Å². The summed E-state index contributed by atoms with van der Waals surface area (Å²) < 4.78 is 28.1. The molecule has 1 aliphatic rings. The highest BCUT2D eigenvalue weighted by Gasteiger charge is 2.29. The Morgan fingerprint density at radius 1 is 1.28 bits per heavy atom. The van der Waals surface area contributed by atoms with E-state index in [0.717, 1.165) is 31.9 Å². The van der Waals surface area contributed by atoms with Gasteiger partial charge >= 0.3 is 0 Å². The van der Waals surface area contributed by atoms with Gasteiger partial charge in [-0.25, -0.2) is 19.0 Å². The largest absolute Gasteiger partial charge is 0.309 e. The summed E-state index contributed by atoms with van der Waals surface area (Å²) in [5.74, 6) is -0.453. The molecular formula is C21H25FN6O3S. The second-order valence-electron chi connectivity index (χ2n) is 8.14. The van der Waals surface area contributed by atoms with Crippen LogP contribution in [0.1, 0.15) is 44.6 Å². The maximum absolute atomic E-state index is 13.4. The fourth-order valence-electron chi connectivity index (χ4n) is 4.29. The molecule has 0 bridgehead atoms. The zero-order valence-corrected chi connectivity index (χ0v) is 18.8. The molecule has 1 amide bonds. The summed E-state index contributed by atoms with van der Waals surface area (Å²) in [5.41, 5.74) is -0.148. The van der Waals surface area contributed by atoms with Gasteiger partial charge in [-0.2, -0.15) is 5.10 Å². The minimum atomic E-state index is -1.50. The number of nitrogens with zero attached hydrogens (tertiary/aromatic N) is 5. The number of anilines is 1. The maximum atomic E-state index is 13.4. The molecule has 2 unspecified atom stereocenters. The van der Waals surface area contributed by atoms with Crippen LogP contribution in [0, 0.1) is 11.7 Å². The lowest BCUT2D eigenvalue weighted by Crippen LogP contribution is -2.35. The fraction of sp³-hybridized carbons (Fsp3) is 0.476. The van der Waals surface area contributed by atoms with E-state index in [1.165, 1.54) is 40.4 Å². The highest BCUT2D eigenvalue weighted by Crippen LogP contribution is 2.31. The Morgan fingerprint density at radius 2 is 2.03 bits per heavy atom. The SMILES string of the molecule is Cn1nc(S(C)=O)c2c(=O)n(C(CC3CCCCC3)C(=O)Nc3ccc(F)cn3)cnc21. The molecule has 1 fully saturated rings. The topological polar surface area (TPSA) is 112 Å². The molecule has 3 aromatic heterocycles. The first-order valence-corrected chi connectivity index (χ1v) is 12.1. The average molecular weight is 461 g/mol. The molecule has 0 aromatic carbocycles. The summed E-state index contributed by atoms with van der Waals surface area (Å²) in [4.78, 5) is 34.9. The highest BCUT2D eigenvalue weighted by atomic mass is 32.2. The fourth-order valence-corrected chi connectivity index (χ4v) is 5.00. The van der Waals surface area contributed by atoms with Crippen LogP contribution in [0.5, 0.6) is 0 Å². The van der Waals surface area contributed by atoms with Crippen LogP contribution in [-0.2, 0) is 22.6 Å². The van der Waals surface area contributed by atoms with Crippen LogP contribution in [0.2, 0.25) is 0 Å². The number of hydrogen-bond acceptors (Lipinski definition) is 6. The molecule has 170 valence electrons. The molecule has 11 heteroatoms. The average Bonchev–Trinajstić information content (AvgIpc) is 3.13. The third-order valence-corrected chi connectivity index (χ3v) is 6.74. The van der Waals surface area contributed by atoms with Gasteiger partial charge in [0.1, 0.15) is 29.4 Å². The number of carbonyl (C=O) groups excluding carboxylic acids is 1. The van der Waals surface area contributed by atoms with Gasteiger partial charge < -0.3 is 5.32 Å². The summed E-state index contributed by atoms with van der Waals surface area (Å²) in [5, 5.41) is 7.17. The predicted molar refractivity (Wildman–Crippen MR) is 118 cm³/mol. The van der Waals surface area contributed by atoms with Gasteiger partial charge in [0.15, 0.2) is 10.7 Å². The molecule has 3 aromatic rings. The smallest absolute Gasteiger partial charge is 0.266 e. The number of carbonyl (C=O) groups is 1. The van der Waals surface area contributed by atoms with Gasteiger partial charge in [-0.3, -0.25) is 18.4 Å². The van der Waals surface area contributed by atoms with E-state index in [-0.39, 0.29) is 22.1 Å².